The van der Waals surface area contributed by atoms with Crippen molar-refractivity contribution in [1.29, 1.82) is 0 Å². The molecular weight excluding hydrogens is 164 g/mol. The Bertz CT molecular complexity index is 159. The van der Waals surface area contributed by atoms with E-state index in [0.29, 0.717) is 6.04 Å². The van der Waals surface area contributed by atoms with Gasteiger partial charge in [-0.3, -0.25) is 0 Å². The third kappa shape index (κ3) is 2.42. The van der Waals surface area contributed by atoms with Gasteiger partial charge in [-0.1, -0.05) is 6.42 Å². The molecule has 2 aliphatic rings. The molecule has 1 aliphatic heterocycles. The molecule has 1 aliphatic carbocycles. The summed E-state index contributed by atoms with van der Waals surface area (Å²) in [5, 5.41) is 16.4. The van der Waals surface area contributed by atoms with E-state index in [9.17, 15) is 5.11 Å². The van der Waals surface area contributed by atoms with Crippen molar-refractivity contribution in [3.8, 4) is 0 Å². The molecule has 2 atom stereocenters. The smallest absolute Gasteiger partial charge is 0.0705 e. The summed E-state index contributed by atoms with van der Waals surface area (Å²) in [5.41, 5.74) is 0. The Hall–Kier alpha value is -0.120. The molecule has 0 spiro atoms. The summed E-state index contributed by atoms with van der Waals surface area (Å²) < 4.78 is 0. The van der Waals surface area contributed by atoms with Crippen molar-refractivity contribution in [2.75, 3.05) is 13.1 Å². The number of aliphatic hydroxyl groups is 1. The molecule has 3 N–H and O–H groups in total. The van der Waals surface area contributed by atoms with E-state index in [1.165, 1.54) is 19.3 Å². The second-order valence-electron chi connectivity index (χ2n) is 4.29. The average Bonchev–Trinajstić information content (AvgIpc) is 2.42. The molecule has 1 heterocycles. The van der Waals surface area contributed by atoms with E-state index in [0.717, 1.165) is 32.0 Å². The third-order valence-electron chi connectivity index (χ3n) is 3.30. The minimum absolute atomic E-state index is 0.108. The summed E-state index contributed by atoms with van der Waals surface area (Å²) >= 11 is 0. The van der Waals surface area contributed by atoms with Crippen molar-refractivity contribution in [1.82, 2.24) is 10.6 Å². The largest absolute Gasteiger partial charge is 0.391 e. The van der Waals surface area contributed by atoms with Crippen LogP contribution in [0.3, 0.4) is 0 Å². The second-order valence-corrected chi connectivity index (χ2v) is 4.29. The number of rotatable bonds is 4. The minimum atomic E-state index is -0.108. The SMILES string of the molecule is OC1CCNC1CCNC1CCC1. The van der Waals surface area contributed by atoms with Gasteiger partial charge < -0.3 is 15.7 Å². The van der Waals surface area contributed by atoms with Gasteiger partial charge in [0.25, 0.3) is 0 Å². The lowest BCUT2D eigenvalue weighted by atomic mass is 9.93. The van der Waals surface area contributed by atoms with Crippen LogP contribution >= 0.6 is 0 Å². The van der Waals surface area contributed by atoms with Crippen molar-refractivity contribution in [2.24, 2.45) is 0 Å². The zero-order valence-corrected chi connectivity index (χ0v) is 8.13. The van der Waals surface area contributed by atoms with Gasteiger partial charge in [0, 0.05) is 12.1 Å². The normalized spacial score (nSPS) is 34.8. The van der Waals surface area contributed by atoms with Gasteiger partial charge in [0.15, 0.2) is 0 Å². The summed E-state index contributed by atoms with van der Waals surface area (Å²) in [6.45, 7) is 2.04. The Kier molecular flexibility index (Phi) is 3.19. The van der Waals surface area contributed by atoms with Gasteiger partial charge in [-0.15, -0.1) is 0 Å². The topological polar surface area (TPSA) is 44.3 Å². The monoisotopic (exact) mass is 184 g/mol. The van der Waals surface area contributed by atoms with E-state index in [2.05, 4.69) is 10.6 Å². The van der Waals surface area contributed by atoms with Gasteiger partial charge in [-0.05, 0) is 38.8 Å². The van der Waals surface area contributed by atoms with Crippen molar-refractivity contribution in [3.05, 3.63) is 0 Å². The zero-order valence-electron chi connectivity index (χ0n) is 8.13. The first-order valence-corrected chi connectivity index (χ1v) is 5.51. The maximum atomic E-state index is 9.54. The van der Waals surface area contributed by atoms with Gasteiger partial charge >= 0.3 is 0 Å². The molecule has 1 saturated heterocycles. The average molecular weight is 184 g/mol. The van der Waals surface area contributed by atoms with Gasteiger partial charge in [0.1, 0.15) is 0 Å². The van der Waals surface area contributed by atoms with Crippen molar-refractivity contribution >= 4 is 0 Å². The van der Waals surface area contributed by atoms with Crippen LogP contribution in [0.25, 0.3) is 0 Å². The van der Waals surface area contributed by atoms with E-state index in [1.54, 1.807) is 0 Å². The number of hydrogen-bond acceptors (Lipinski definition) is 3. The molecule has 0 radical (unpaired) electrons. The third-order valence-corrected chi connectivity index (χ3v) is 3.30. The van der Waals surface area contributed by atoms with Crippen molar-refractivity contribution in [3.63, 3.8) is 0 Å². The molecule has 3 nitrogen and oxygen atoms in total. The Morgan fingerprint density at radius 2 is 2.15 bits per heavy atom. The Labute approximate surface area is 79.9 Å². The molecule has 13 heavy (non-hydrogen) atoms. The molecule has 0 aromatic heterocycles. The lowest BCUT2D eigenvalue weighted by Gasteiger charge is -2.27. The van der Waals surface area contributed by atoms with Crippen LogP contribution in [0.15, 0.2) is 0 Å². The van der Waals surface area contributed by atoms with E-state index >= 15 is 0 Å². The molecule has 3 heteroatoms. The molecule has 76 valence electrons. The molecule has 2 fully saturated rings. The molecule has 0 aromatic carbocycles. The number of aliphatic hydroxyl groups excluding tert-OH is 1. The zero-order chi connectivity index (χ0) is 9.10. The summed E-state index contributed by atoms with van der Waals surface area (Å²) in [7, 11) is 0. The van der Waals surface area contributed by atoms with E-state index in [-0.39, 0.29) is 6.10 Å². The van der Waals surface area contributed by atoms with Crippen LogP contribution < -0.4 is 10.6 Å². The summed E-state index contributed by atoms with van der Waals surface area (Å²) in [6, 6.07) is 1.12. The highest BCUT2D eigenvalue weighted by Gasteiger charge is 2.24. The Balaban J connectivity index is 1.56. The van der Waals surface area contributed by atoms with Gasteiger partial charge in [0.05, 0.1) is 6.10 Å². The van der Waals surface area contributed by atoms with Crippen LogP contribution in [0.2, 0.25) is 0 Å². The van der Waals surface area contributed by atoms with Crippen LogP contribution in [0.5, 0.6) is 0 Å². The van der Waals surface area contributed by atoms with Crippen LogP contribution in [0.4, 0.5) is 0 Å². The Morgan fingerprint density at radius 3 is 2.69 bits per heavy atom. The van der Waals surface area contributed by atoms with Gasteiger partial charge in [0.2, 0.25) is 0 Å². The highest BCUT2D eigenvalue weighted by Crippen LogP contribution is 2.18. The lowest BCUT2D eigenvalue weighted by Crippen LogP contribution is -2.39. The predicted molar refractivity (Wildman–Crippen MR) is 52.7 cm³/mol. The fourth-order valence-electron chi connectivity index (χ4n) is 2.10. The second kappa shape index (κ2) is 4.40. The summed E-state index contributed by atoms with van der Waals surface area (Å²) in [4.78, 5) is 0. The van der Waals surface area contributed by atoms with Crippen molar-refractivity contribution < 1.29 is 5.11 Å². The molecule has 0 amide bonds. The quantitative estimate of drug-likeness (QED) is 0.586. The van der Waals surface area contributed by atoms with E-state index in [4.69, 9.17) is 0 Å². The first-order valence-electron chi connectivity index (χ1n) is 5.51. The fraction of sp³-hybridized carbons (Fsp3) is 1.00. The van der Waals surface area contributed by atoms with Crippen LogP contribution in [0, 0.1) is 0 Å². The molecule has 2 unspecified atom stereocenters. The highest BCUT2D eigenvalue weighted by molar-refractivity contribution is 4.84. The summed E-state index contributed by atoms with van der Waals surface area (Å²) in [6.07, 6.45) is 5.97. The first-order chi connectivity index (χ1) is 6.36. The molecular formula is C10H20N2O. The highest BCUT2D eigenvalue weighted by atomic mass is 16.3. The first kappa shape index (κ1) is 9.44. The standard InChI is InChI=1S/C10H20N2O/c13-10-5-7-12-9(10)4-6-11-8-2-1-3-8/h8-13H,1-7H2. The predicted octanol–water partition coefficient (Wildman–Crippen LogP) is 0.241. The maximum Gasteiger partial charge on any atom is 0.0705 e. The Morgan fingerprint density at radius 1 is 1.31 bits per heavy atom. The number of hydrogen-bond donors (Lipinski definition) is 3. The molecule has 0 aromatic rings. The molecule has 0 bridgehead atoms. The van der Waals surface area contributed by atoms with Gasteiger partial charge in [-0.25, -0.2) is 0 Å². The van der Waals surface area contributed by atoms with Crippen molar-refractivity contribution in [2.45, 2.75) is 50.3 Å². The van der Waals surface area contributed by atoms with E-state index in [1.807, 2.05) is 0 Å². The number of nitrogens with one attached hydrogen (secondary N) is 2. The lowest BCUT2D eigenvalue weighted by molar-refractivity contribution is 0.153. The minimum Gasteiger partial charge on any atom is -0.391 e. The molecule has 1 saturated carbocycles. The summed E-state index contributed by atoms with van der Waals surface area (Å²) in [5.74, 6) is 0. The fourth-order valence-corrected chi connectivity index (χ4v) is 2.10. The molecule has 2 rings (SSSR count). The van der Waals surface area contributed by atoms with E-state index < -0.39 is 0 Å². The van der Waals surface area contributed by atoms with Gasteiger partial charge in [-0.2, -0.15) is 0 Å². The van der Waals surface area contributed by atoms with Crippen LogP contribution in [-0.4, -0.2) is 36.4 Å². The van der Waals surface area contributed by atoms with Crippen LogP contribution in [-0.2, 0) is 0 Å². The van der Waals surface area contributed by atoms with Crippen LogP contribution in [0.1, 0.15) is 32.1 Å². The maximum absolute atomic E-state index is 9.54.